The van der Waals surface area contributed by atoms with Crippen molar-refractivity contribution in [2.24, 2.45) is 0 Å². The minimum Gasteiger partial charge on any atom is -0.481 e. The average Bonchev–Trinajstić information content (AvgIpc) is 1.99. The summed E-state index contributed by atoms with van der Waals surface area (Å²) in [6.45, 7) is 6.98. The van der Waals surface area contributed by atoms with E-state index in [1.165, 1.54) is 0 Å². The molecule has 0 amide bonds. The Bertz CT molecular complexity index is 271. The van der Waals surface area contributed by atoms with Gasteiger partial charge in [-0.15, -0.1) is 0 Å². The maximum Gasteiger partial charge on any atom is 0.333 e. The monoisotopic (exact) mass is 214 g/mol. The molecule has 0 aromatic rings. The van der Waals surface area contributed by atoms with Crippen LogP contribution in [0, 0.1) is 0 Å². The summed E-state index contributed by atoms with van der Waals surface area (Å²) in [5, 5.41) is 8.41. The van der Waals surface area contributed by atoms with Gasteiger partial charge in [0, 0.05) is 12.0 Å². The molecule has 1 N–H and O–H groups in total. The fourth-order valence-corrected chi connectivity index (χ4v) is 0.854. The molecule has 4 heteroatoms. The minimum atomic E-state index is -0.872. The molecule has 0 bridgehead atoms. The highest BCUT2D eigenvalue weighted by molar-refractivity contribution is 5.88. The molecular formula is C11H18O4. The lowest BCUT2D eigenvalue weighted by atomic mass is 10.1. The van der Waals surface area contributed by atoms with Gasteiger partial charge in [0.2, 0.25) is 0 Å². The summed E-state index contributed by atoms with van der Waals surface area (Å²) in [6.07, 6.45) is 1.96. The molecule has 0 aliphatic rings. The van der Waals surface area contributed by atoms with Crippen molar-refractivity contribution in [3.63, 3.8) is 0 Å². The van der Waals surface area contributed by atoms with Crippen molar-refractivity contribution in [1.29, 1.82) is 0 Å². The van der Waals surface area contributed by atoms with Crippen LogP contribution in [0.25, 0.3) is 0 Å². The Hall–Kier alpha value is -1.32. The predicted molar refractivity (Wildman–Crippen MR) is 56.5 cm³/mol. The van der Waals surface area contributed by atoms with Crippen LogP contribution in [0.2, 0.25) is 0 Å². The quantitative estimate of drug-likeness (QED) is 0.575. The first kappa shape index (κ1) is 13.7. The number of carboxylic acids is 1. The second-order valence-corrected chi connectivity index (χ2v) is 4.32. The highest BCUT2D eigenvalue weighted by Crippen LogP contribution is 2.11. The lowest BCUT2D eigenvalue weighted by Gasteiger charge is -2.19. The van der Waals surface area contributed by atoms with Crippen LogP contribution < -0.4 is 0 Å². The van der Waals surface area contributed by atoms with Crippen molar-refractivity contribution in [2.45, 2.75) is 46.1 Å². The van der Waals surface area contributed by atoms with Gasteiger partial charge in [0.25, 0.3) is 0 Å². The number of esters is 1. The summed E-state index contributed by atoms with van der Waals surface area (Å²) in [4.78, 5) is 21.6. The van der Waals surface area contributed by atoms with Crippen molar-refractivity contribution < 1.29 is 19.4 Å². The van der Waals surface area contributed by atoms with E-state index in [9.17, 15) is 9.59 Å². The molecule has 0 atom stereocenters. The number of hydrogen-bond donors (Lipinski definition) is 1. The van der Waals surface area contributed by atoms with E-state index in [4.69, 9.17) is 9.84 Å². The molecular weight excluding hydrogens is 196 g/mol. The van der Waals surface area contributed by atoms with Crippen molar-refractivity contribution in [2.75, 3.05) is 0 Å². The molecule has 0 aromatic heterocycles. The lowest BCUT2D eigenvalue weighted by molar-refractivity contribution is -0.149. The SMILES string of the molecule is CC(=CCCC(=O)O)C(=O)OC(C)(C)C. The first-order valence-corrected chi connectivity index (χ1v) is 4.84. The molecule has 86 valence electrons. The van der Waals surface area contributed by atoms with E-state index in [-0.39, 0.29) is 6.42 Å². The molecule has 0 aliphatic carbocycles. The number of ether oxygens (including phenoxy) is 1. The second-order valence-electron chi connectivity index (χ2n) is 4.32. The van der Waals surface area contributed by atoms with Crippen LogP contribution in [-0.2, 0) is 14.3 Å². The maximum atomic E-state index is 11.4. The second kappa shape index (κ2) is 5.53. The van der Waals surface area contributed by atoms with Crippen LogP contribution in [-0.4, -0.2) is 22.6 Å². The molecule has 0 heterocycles. The van der Waals surface area contributed by atoms with Crippen LogP contribution in [0.15, 0.2) is 11.6 Å². The summed E-state index contributed by atoms with van der Waals surface area (Å²) < 4.78 is 5.10. The van der Waals surface area contributed by atoms with Gasteiger partial charge in [0.05, 0.1) is 0 Å². The zero-order chi connectivity index (χ0) is 12.1. The van der Waals surface area contributed by atoms with Crippen LogP contribution >= 0.6 is 0 Å². The first-order valence-electron chi connectivity index (χ1n) is 4.84. The lowest BCUT2D eigenvalue weighted by Crippen LogP contribution is -2.24. The van der Waals surface area contributed by atoms with Gasteiger partial charge in [-0.3, -0.25) is 4.79 Å². The Kier molecular flexibility index (Phi) is 5.05. The summed E-state index contributed by atoms with van der Waals surface area (Å²) >= 11 is 0. The molecule has 0 rings (SSSR count). The van der Waals surface area contributed by atoms with Gasteiger partial charge >= 0.3 is 11.9 Å². The predicted octanol–water partition coefficient (Wildman–Crippen LogP) is 2.14. The largest absolute Gasteiger partial charge is 0.481 e. The van der Waals surface area contributed by atoms with Gasteiger partial charge in [0.1, 0.15) is 5.60 Å². The highest BCUT2D eigenvalue weighted by Gasteiger charge is 2.17. The molecule has 0 radical (unpaired) electrons. The molecule has 0 saturated heterocycles. The van der Waals surface area contributed by atoms with Gasteiger partial charge in [0.15, 0.2) is 0 Å². The highest BCUT2D eigenvalue weighted by atomic mass is 16.6. The number of hydrogen-bond acceptors (Lipinski definition) is 3. The maximum absolute atomic E-state index is 11.4. The standard InChI is InChI=1S/C11H18O4/c1-8(6-5-7-9(12)13)10(14)15-11(2,3)4/h6H,5,7H2,1-4H3,(H,12,13). The average molecular weight is 214 g/mol. The van der Waals surface area contributed by atoms with Crippen molar-refractivity contribution in [1.82, 2.24) is 0 Å². The Morgan fingerprint density at radius 2 is 1.87 bits per heavy atom. The van der Waals surface area contributed by atoms with Crippen molar-refractivity contribution in [3.8, 4) is 0 Å². The number of allylic oxidation sites excluding steroid dienone is 1. The normalized spacial score (nSPS) is 12.4. The third kappa shape index (κ3) is 7.73. The molecule has 0 aromatic carbocycles. The van der Waals surface area contributed by atoms with Gasteiger partial charge < -0.3 is 9.84 Å². The minimum absolute atomic E-state index is 0.0279. The Labute approximate surface area is 89.9 Å². The van der Waals surface area contributed by atoms with Gasteiger partial charge in [-0.25, -0.2) is 4.79 Å². The van der Waals surface area contributed by atoms with Crippen LogP contribution in [0.4, 0.5) is 0 Å². The van der Waals surface area contributed by atoms with Crippen molar-refractivity contribution >= 4 is 11.9 Å². The summed E-state index contributed by atoms with van der Waals surface area (Å²) in [6, 6.07) is 0. The van der Waals surface area contributed by atoms with Crippen LogP contribution in [0.1, 0.15) is 40.5 Å². The topological polar surface area (TPSA) is 63.6 Å². The molecule has 0 unspecified atom stereocenters. The van der Waals surface area contributed by atoms with Crippen molar-refractivity contribution in [3.05, 3.63) is 11.6 Å². The Morgan fingerprint density at radius 3 is 2.27 bits per heavy atom. The smallest absolute Gasteiger partial charge is 0.333 e. The fourth-order valence-electron chi connectivity index (χ4n) is 0.854. The third-order valence-corrected chi connectivity index (χ3v) is 1.53. The third-order valence-electron chi connectivity index (χ3n) is 1.53. The molecule has 15 heavy (non-hydrogen) atoms. The van der Waals surface area contributed by atoms with Gasteiger partial charge in [-0.05, 0) is 34.1 Å². The van der Waals surface area contributed by atoms with E-state index in [1.54, 1.807) is 33.8 Å². The van der Waals surface area contributed by atoms with E-state index in [0.717, 1.165) is 0 Å². The molecule has 4 nitrogen and oxygen atoms in total. The molecule has 0 aliphatic heterocycles. The van der Waals surface area contributed by atoms with Gasteiger partial charge in [-0.1, -0.05) is 6.08 Å². The van der Waals surface area contributed by atoms with E-state index in [0.29, 0.717) is 12.0 Å². The number of carboxylic acid groups (broad SMARTS) is 1. The van der Waals surface area contributed by atoms with E-state index < -0.39 is 17.5 Å². The number of rotatable bonds is 4. The number of carbonyl (C=O) groups excluding carboxylic acids is 1. The van der Waals surface area contributed by atoms with Gasteiger partial charge in [-0.2, -0.15) is 0 Å². The summed E-state index contributed by atoms with van der Waals surface area (Å²) in [7, 11) is 0. The van der Waals surface area contributed by atoms with E-state index >= 15 is 0 Å². The molecule has 0 fully saturated rings. The Morgan fingerprint density at radius 1 is 1.33 bits per heavy atom. The summed E-state index contributed by atoms with van der Waals surface area (Å²) in [5.74, 6) is -1.27. The van der Waals surface area contributed by atoms with E-state index in [1.807, 2.05) is 0 Å². The number of aliphatic carboxylic acids is 1. The van der Waals surface area contributed by atoms with E-state index in [2.05, 4.69) is 0 Å². The Balaban J connectivity index is 4.14. The zero-order valence-corrected chi connectivity index (χ0v) is 9.66. The fraction of sp³-hybridized carbons (Fsp3) is 0.636. The van der Waals surface area contributed by atoms with Crippen LogP contribution in [0.3, 0.4) is 0 Å². The molecule has 0 spiro atoms. The summed E-state index contributed by atoms with van der Waals surface area (Å²) in [5.41, 5.74) is -0.0647. The first-order chi connectivity index (χ1) is 6.72. The number of carbonyl (C=O) groups is 2. The molecule has 0 saturated carbocycles. The zero-order valence-electron chi connectivity index (χ0n) is 9.66. The van der Waals surface area contributed by atoms with Crippen LogP contribution in [0.5, 0.6) is 0 Å².